The molecule has 70 valence electrons. The Balaban J connectivity index is 3.18. The van der Waals surface area contributed by atoms with Crippen molar-refractivity contribution in [3.8, 4) is 0 Å². The van der Waals surface area contributed by atoms with E-state index in [1.165, 1.54) is 0 Å². The minimum Gasteiger partial charge on any atom is -0.298 e. The van der Waals surface area contributed by atoms with Gasteiger partial charge < -0.3 is 0 Å². The monoisotopic (exact) mass is 178 g/mol. The first-order valence-electron chi connectivity index (χ1n) is 4.35. The Morgan fingerprint density at radius 1 is 1.46 bits per heavy atom. The summed E-state index contributed by atoms with van der Waals surface area (Å²) in [5, 5.41) is 0. The third-order valence-electron chi connectivity index (χ3n) is 2.38. The molecule has 13 heavy (non-hydrogen) atoms. The summed E-state index contributed by atoms with van der Waals surface area (Å²) in [6.07, 6.45) is 4.64. The highest BCUT2D eigenvalue weighted by Crippen LogP contribution is 2.36. The summed E-state index contributed by atoms with van der Waals surface area (Å²) in [5.74, 6) is 0.132. The van der Waals surface area contributed by atoms with Crippen LogP contribution in [0.25, 0.3) is 0 Å². The Labute approximate surface area is 78.3 Å². The van der Waals surface area contributed by atoms with Crippen LogP contribution in [0.4, 0.5) is 0 Å². The molecule has 0 radical (unpaired) electrons. The molecule has 0 N–H and O–H groups in total. The molecule has 1 aliphatic rings. The first-order valence-corrected chi connectivity index (χ1v) is 4.35. The summed E-state index contributed by atoms with van der Waals surface area (Å²) >= 11 is 0. The van der Waals surface area contributed by atoms with Crippen molar-refractivity contribution in [3.63, 3.8) is 0 Å². The Morgan fingerprint density at radius 3 is 2.54 bits per heavy atom. The zero-order valence-electron chi connectivity index (χ0n) is 8.26. The number of aldehydes is 1. The van der Waals surface area contributed by atoms with Gasteiger partial charge in [0.1, 0.15) is 6.29 Å². The molecule has 1 aliphatic carbocycles. The zero-order valence-corrected chi connectivity index (χ0v) is 8.26. The SMILES string of the molecule is CC(C=O)=C1C=CC(=O)CC1(C)C. The van der Waals surface area contributed by atoms with Gasteiger partial charge in [-0.1, -0.05) is 19.9 Å². The van der Waals surface area contributed by atoms with E-state index in [0.29, 0.717) is 12.0 Å². The predicted octanol–water partition coefficient (Wildman–Crippen LogP) is 2.06. The van der Waals surface area contributed by atoms with Crippen LogP contribution < -0.4 is 0 Å². The molecule has 1 rings (SSSR count). The second-order valence-electron chi connectivity index (χ2n) is 4.07. The van der Waals surface area contributed by atoms with E-state index in [1.807, 2.05) is 13.8 Å². The summed E-state index contributed by atoms with van der Waals surface area (Å²) < 4.78 is 0. The van der Waals surface area contributed by atoms with Gasteiger partial charge in [-0.15, -0.1) is 0 Å². The van der Waals surface area contributed by atoms with Crippen LogP contribution >= 0.6 is 0 Å². The quantitative estimate of drug-likeness (QED) is 0.455. The smallest absolute Gasteiger partial charge is 0.156 e. The van der Waals surface area contributed by atoms with E-state index < -0.39 is 0 Å². The van der Waals surface area contributed by atoms with Crippen LogP contribution in [0.15, 0.2) is 23.3 Å². The van der Waals surface area contributed by atoms with E-state index in [2.05, 4.69) is 0 Å². The molecular weight excluding hydrogens is 164 g/mol. The second-order valence-corrected chi connectivity index (χ2v) is 4.07. The first-order chi connectivity index (χ1) is 5.97. The molecule has 0 aliphatic heterocycles. The van der Waals surface area contributed by atoms with Gasteiger partial charge in [0.25, 0.3) is 0 Å². The van der Waals surface area contributed by atoms with Gasteiger partial charge in [-0.3, -0.25) is 9.59 Å². The highest BCUT2D eigenvalue weighted by molar-refractivity contribution is 5.93. The van der Waals surface area contributed by atoms with Crippen LogP contribution in [0.1, 0.15) is 27.2 Å². The topological polar surface area (TPSA) is 34.1 Å². The van der Waals surface area contributed by atoms with Crippen molar-refractivity contribution < 1.29 is 9.59 Å². The van der Waals surface area contributed by atoms with Crippen LogP contribution in [0.5, 0.6) is 0 Å². The van der Waals surface area contributed by atoms with Crippen LogP contribution in [0, 0.1) is 5.41 Å². The van der Waals surface area contributed by atoms with Crippen molar-refractivity contribution in [2.45, 2.75) is 27.2 Å². The minimum absolute atomic E-state index is 0.132. The average Bonchev–Trinajstić information content (AvgIpc) is 2.01. The van der Waals surface area contributed by atoms with E-state index in [1.54, 1.807) is 19.1 Å². The molecule has 0 saturated heterocycles. The van der Waals surface area contributed by atoms with Gasteiger partial charge in [0, 0.05) is 6.42 Å². The highest BCUT2D eigenvalue weighted by atomic mass is 16.1. The van der Waals surface area contributed by atoms with Crippen LogP contribution in [-0.2, 0) is 9.59 Å². The summed E-state index contributed by atoms with van der Waals surface area (Å²) in [5.41, 5.74) is 1.49. The van der Waals surface area contributed by atoms with E-state index in [0.717, 1.165) is 11.9 Å². The lowest BCUT2D eigenvalue weighted by atomic mass is 9.74. The number of carbonyl (C=O) groups excluding carboxylic acids is 2. The largest absolute Gasteiger partial charge is 0.298 e. The lowest BCUT2D eigenvalue weighted by Crippen LogP contribution is -2.23. The van der Waals surface area contributed by atoms with Crippen molar-refractivity contribution in [1.29, 1.82) is 0 Å². The van der Waals surface area contributed by atoms with Gasteiger partial charge in [-0.25, -0.2) is 0 Å². The van der Waals surface area contributed by atoms with E-state index in [4.69, 9.17) is 0 Å². The summed E-state index contributed by atoms with van der Waals surface area (Å²) in [7, 11) is 0. The molecule has 0 amide bonds. The number of rotatable bonds is 1. The first kappa shape index (κ1) is 9.90. The van der Waals surface area contributed by atoms with Crippen molar-refractivity contribution in [2.75, 3.05) is 0 Å². The molecule has 0 unspecified atom stereocenters. The molecule has 2 heteroatoms. The summed E-state index contributed by atoms with van der Waals surface area (Å²) in [4.78, 5) is 21.7. The maximum atomic E-state index is 11.1. The van der Waals surface area contributed by atoms with E-state index in [9.17, 15) is 9.59 Å². The molecule has 0 spiro atoms. The molecule has 0 aromatic carbocycles. The van der Waals surface area contributed by atoms with Crippen molar-refractivity contribution in [2.24, 2.45) is 5.41 Å². The molecular formula is C11H14O2. The Morgan fingerprint density at radius 2 is 2.08 bits per heavy atom. The normalized spacial score (nSPS) is 24.4. The molecule has 0 atom stereocenters. The van der Waals surface area contributed by atoms with Crippen LogP contribution in [-0.4, -0.2) is 12.1 Å². The average molecular weight is 178 g/mol. The molecule has 0 bridgehead atoms. The lowest BCUT2D eigenvalue weighted by Gasteiger charge is -2.29. The summed E-state index contributed by atoms with van der Waals surface area (Å²) in [6.45, 7) is 5.75. The highest BCUT2D eigenvalue weighted by Gasteiger charge is 2.28. The van der Waals surface area contributed by atoms with Crippen molar-refractivity contribution >= 4 is 12.1 Å². The summed E-state index contributed by atoms with van der Waals surface area (Å²) in [6, 6.07) is 0. The zero-order chi connectivity index (χ0) is 10.1. The number of allylic oxidation sites excluding steroid dienone is 4. The molecule has 0 fully saturated rings. The van der Waals surface area contributed by atoms with Gasteiger partial charge in [0.05, 0.1) is 0 Å². The molecule has 0 saturated carbocycles. The maximum absolute atomic E-state index is 11.1. The fourth-order valence-electron chi connectivity index (χ4n) is 1.72. The van der Waals surface area contributed by atoms with Crippen molar-refractivity contribution in [1.82, 2.24) is 0 Å². The van der Waals surface area contributed by atoms with Crippen LogP contribution in [0.2, 0.25) is 0 Å². The number of hydrogen-bond acceptors (Lipinski definition) is 2. The minimum atomic E-state index is -0.198. The molecule has 2 nitrogen and oxygen atoms in total. The number of carbonyl (C=O) groups is 2. The number of ketones is 1. The molecule has 0 aromatic rings. The van der Waals surface area contributed by atoms with Gasteiger partial charge in [-0.2, -0.15) is 0 Å². The van der Waals surface area contributed by atoms with Gasteiger partial charge >= 0.3 is 0 Å². The van der Waals surface area contributed by atoms with Crippen LogP contribution in [0.3, 0.4) is 0 Å². The third-order valence-corrected chi connectivity index (χ3v) is 2.38. The maximum Gasteiger partial charge on any atom is 0.156 e. The Kier molecular flexibility index (Phi) is 2.50. The standard InChI is InChI=1S/C11H14O2/c1-8(7-12)10-5-4-9(13)6-11(10,2)3/h4-5,7H,6H2,1-3H3. The third kappa shape index (κ3) is 1.94. The van der Waals surface area contributed by atoms with Crippen molar-refractivity contribution in [3.05, 3.63) is 23.3 Å². The molecule has 0 aromatic heterocycles. The fourth-order valence-corrected chi connectivity index (χ4v) is 1.72. The number of hydrogen-bond donors (Lipinski definition) is 0. The van der Waals surface area contributed by atoms with Gasteiger partial charge in [0.2, 0.25) is 0 Å². The second kappa shape index (κ2) is 3.29. The lowest BCUT2D eigenvalue weighted by molar-refractivity contribution is -0.116. The molecule has 0 heterocycles. The van der Waals surface area contributed by atoms with E-state index >= 15 is 0 Å². The van der Waals surface area contributed by atoms with Gasteiger partial charge in [0.15, 0.2) is 5.78 Å². The van der Waals surface area contributed by atoms with E-state index in [-0.39, 0.29) is 11.2 Å². The fraction of sp³-hybridized carbons (Fsp3) is 0.455. The Hall–Kier alpha value is -1.18. The Bertz CT molecular complexity index is 306. The predicted molar refractivity (Wildman–Crippen MR) is 51.3 cm³/mol. The van der Waals surface area contributed by atoms with Gasteiger partial charge in [-0.05, 0) is 29.6 Å².